The van der Waals surface area contributed by atoms with Gasteiger partial charge in [0.1, 0.15) is 0 Å². The van der Waals surface area contributed by atoms with Crippen molar-refractivity contribution < 1.29 is 4.79 Å². The van der Waals surface area contributed by atoms with Crippen LogP contribution in [0.1, 0.15) is 23.2 Å². The molecule has 80 valence electrons. The van der Waals surface area contributed by atoms with E-state index < -0.39 is 0 Å². The maximum absolute atomic E-state index is 12.0. The highest BCUT2D eigenvalue weighted by molar-refractivity contribution is 9.10. The molecule has 1 heterocycles. The Balaban J connectivity index is 2.24. The normalized spacial score (nSPS) is 20.5. The minimum atomic E-state index is -0.0477. The smallest absolute Gasteiger partial charge is 0.181 e. The van der Waals surface area contributed by atoms with Crippen LogP contribution >= 0.6 is 15.9 Å². The minimum absolute atomic E-state index is 0.0477. The number of anilines is 1. The van der Waals surface area contributed by atoms with E-state index in [0.29, 0.717) is 11.3 Å². The number of carbonyl (C=O) groups is 1. The predicted molar refractivity (Wildman–Crippen MR) is 63.9 cm³/mol. The number of nitrogen functional groups attached to an aromatic ring is 1. The number of Topliss-reactive ketones (excluding diaryl/α,β-unsaturated/α-hetero) is 1. The Bertz CT molecular complexity index is 386. The van der Waals surface area contributed by atoms with Gasteiger partial charge in [-0.25, -0.2) is 0 Å². The molecule has 1 aromatic rings. The molecule has 4 heteroatoms. The Morgan fingerprint density at radius 2 is 2.33 bits per heavy atom. The van der Waals surface area contributed by atoms with E-state index in [9.17, 15) is 4.79 Å². The summed E-state index contributed by atoms with van der Waals surface area (Å²) in [7, 11) is 0. The fourth-order valence-corrected chi connectivity index (χ4v) is 2.23. The van der Waals surface area contributed by atoms with Gasteiger partial charge in [0, 0.05) is 15.7 Å². The Morgan fingerprint density at radius 3 is 2.93 bits per heavy atom. The van der Waals surface area contributed by atoms with Gasteiger partial charge in [-0.1, -0.05) is 15.9 Å². The van der Waals surface area contributed by atoms with E-state index in [2.05, 4.69) is 21.2 Å². The molecule has 15 heavy (non-hydrogen) atoms. The van der Waals surface area contributed by atoms with Crippen molar-refractivity contribution in [3.8, 4) is 0 Å². The van der Waals surface area contributed by atoms with Crippen molar-refractivity contribution in [1.82, 2.24) is 5.32 Å². The quantitative estimate of drug-likeness (QED) is 0.637. The standard InChI is InChI=1S/C11H13BrN2O/c12-7-3-4-8(9(13)6-7)11(15)10-2-1-5-14-10/h3-4,6,10,14H,1-2,5,13H2. The first-order valence-electron chi connectivity index (χ1n) is 5.01. The van der Waals surface area contributed by atoms with Crippen molar-refractivity contribution in [2.45, 2.75) is 18.9 Å². The van der Waals surface area contributed by atoms with Crippen LogP contribution in [0, 0.1) is 0 Å². The van der Waals surface area contributed by atoms with Crippen molar-refractivity contribution in [1.29, 1.82) is 0 Å². The molecule has 0 amide bonds. The maximum atomic E-state index is 12.0. The zero-order chi connectivity index (χ0) is 10.8. The van der Waals surface area contributed by atoms with Crippen LogP contribution in [0.15, 0.2) is 22.7 Å². The highest BCUT2D eigenvalue weighted by Crippen LogP contribution is 2.21. The summed E-state index contributed by atoms with van der Waals surface area (Å²) >= 11 is 3.32. The van der Waals surface area contributed by atoms with E-state index in [1.807, 2.05) is 6.07 Å². The summed E-state index contributed by atoms with van der Waals surface area (Å²) in [5, 5.41) is 3.18. The number of hydrogen-bond donors (Lipinski definition) is 2. The second-order valence-electron chi connectivity index (χ2n) is 3.74. The summed E-state index contributed by atoms with van der Waals surface area (Å²) in [6.07, 6.45) is 1.97. The zero-order valence-corrected chi connectivity index (χ0v) is 9.88. The largest absolute Gasteiger partial charge is 0.398 e. The second kappa shape index (κ2) is 4.33. The molecule has 0 spiro atoms. The van der Waals surface area contributed by atoms with Crippen molar-refractivity contribution in [3.63, 3.8) is 0 Å². The third-order valence-corrected chi connectivity index (χ3v) is 3.15. The number of carbonyl (C=O) groups excluding carboxylic acids is 1. The topological polar surface area (TPSA) is 55.1 Å². The van der Waals surface area contributed by atoms with Crippen LogP contribution in [-0.4, -0.2) is 18.4 Å². The lowest BCUT2D eigenvalue weighted by Gasteiger charge is -2.11. The monoisotopic (exact) mass is 268 g/mol. The van der Waals surface area contributed by atoms with Gasteiger partial charge in [-0.3, -0.25) is 4.79 Å². The van der Waals surface area contributed by atoms with Gasteiger partial charge < -0.3 is 11.1 Å². The van der Waals surface area contributed by atoms with Gasteiger partial charge in [0.15, 0.2) is 5.78 Å². The van der Waals surface area contributed by atoms with E-state index in [0.717, 1.165) is 23.9 Å². The van der Waals surface area contributed by atoms with Gasteiger partial charge in [-0.2, -0.15) is 0 Å². The number of nitrogens with one attached hydrogen (secondary N) is 1. The fraction of sp³-hybridized carbons (Fsp3) is 0.364. The molecule has 0 saturated carbocycles. The van der Waals surface area contributed by atoms with Gasteiger partial charge in [-0.05, 0) is 37.6 Å². The highest BCUT2D eigenvalue weighted by Gasteiger charge is 2.24. The van der Waals surface area contributed by atoms with Crippen molar-refractivity contribution in [2.24, 2.45) is 0 Å². The molecule has 3 N–H and O–H groups in total. The summed E-state index contributed by atoms with van der Waals surface area (Å²) < 4.78 is 0.899. The first-order valence-corrected chi connectivity index (χ1v) is 5.80. The first kappa shape index (κ1) is 10.6. The van der Waals surface area contributed by atoms with Gasteiger partial charge in [0.25, 0.3) is 0 Å². The Labute approximate surface area is 97.2 Å². The molecule has 0 bridgehead atoms. The van der Waals surface area contributed by atoms with Gasteiger partial charge in [0.05, 0.1) is 6.04 Å². The Hall–Kier alpha value is -0.870. The van der Waals surface area contributed by atoms with Crippen LogP contribution in [0.2, 0.25) is 0 Å². The molecule has 1 saturated heterocycles. The SMILES string of the molecule is Nc1cc(Br)ccc1C(=O)C1CCCN1. The van der Waals surface area contributed by atoms with Gasteiger partial charge >= 0.3 is 0 Å². The van der Waals surface area contributed by atoms with E-state index in [1.54, 1.807) is 12.1 Å². The highest BCUT2D eigenvalue weighted by atomic mass is 79.9. The summed E-state index contributed by atoms with van der Waals surface area (Å²) in [6, 6.07) is 5.34. The third-order valence-electron chi connectivity index (χ3n) is 2.66. The summed E-state index contributed by atoms with van der Waals surface area (Å²) in [5.41, 5.74) is 6.98. The lowest BCUT2D eigenvalue weighted by molar-refractivity contribution is 0.0953. The lowest BCUT2D eigenvalue weighted by Crippen LogP contribution is -2.31. The molecule has 0 aliphatic carbocycles. The second-order valence-corrected chi connectivity index (χ2v) is 4.66. The molecule has 2 rings (SSSR count). The molecule has 0 radical (unpaired) electrons. The van der Waals surface area contributed by atoms with Crippen LogP contribution in [-0.2, 0) is 0 Å². The van der Waals surface area contributed by atoms with E-state index in [4.69, 9.17) is 5.73 Å². The molecular weight excluding hydrogens is 256 g/mol. The average Bonchev–Trinajstić information content (AvgIpc) is 2.69. The molecule has 1 aliphatic rings. The predicted octanol–water partition coefficient (Wildman–Crippen LogP) is 1.97. The van der Waals surface area contributed by atoms with E-state index >= 15 is 0 Å². The number of rotatable bonds is 2. The number of nitrogens with two attached hydrogens (primary N) is 1. The van der Waals surface area contributed by atoms with Gasteiger partial charge in [-0.15, -0.1) is 0 Å². The molecule has 1 unspecified atom stereocenters. The minimum Gasteiger partial charge on any atom is -0.398 e. The summed E-state index contributed by atoms with van der Waals surface area (Å²) in [4.78, 5) is 12.0. The molecule has 1 atom stereocenters. The van der Waals surface area contributed by atoms with E-state index in [1.165, 1.54) is 0 Å². The van der Waals surface area contributed by atoms with Gasteiger partial charge in [0.2, 0.25) is 0 Å². The number of hydrogen-bond acceptors (Lipinski definition) is 3. The fourth-order valence-electron chi connectivity index (χ4n) is 1.85. The van der Waals surface area contributed by atoms with Crippen molar-refractivity contribution in [2.75, 3.05) is 12.3 Å². The molecule has 1 fully saturated rings. The molecule has 3 nitrogen and oxygen atoms in total. The molecule has 0 aromatic heterocycles. The van der Waals surface area contributed by atoms with Crippen molar-refractivity contribution >= 4 is 27.4 Å². The third kappa shape index (κ3) is 2.21. The maximum Gasteiger partial charge on any atom is 0.181 e. The van der Waals surface area contributed by atoms with Crippen LogP contribution in [0.3, 0.4) is 0 Å². The Morgan fingerprint density at radius 1 is 1.53 bits per heavy atom. The van der Waals surface area contributed by atoms with Crippen LogP contribution in [0.25, 0.3) is 0 Å². The molecular formula is C11H13BrN2O. The summed E-state index contributed by atoms with van der Waals surface area (Å²) in [6.45, 7) is 0.923. The average molecular weight is 269 g/mol. The molecule has 1 aromatic carbocycles. The van der Waals surface area contributed by atoms with Crippen LogP contribution in [0.4, 0.5) is 5.69 Å². The Kier molecular flexibility index (Phi) is 3.07. The number of halogens is 1. The first-order chi connectivity index (χ1) is 7.18. The zero-order valence-electron chi connectivity index (χ0n) is 8.29. The number of benzene rings is 1. The molecule has 1 aliphatic heterocycles. The summed E-state index contributed by atoms with van der Waals surface area (Å²) in [5.74, 6) is 0.109. The van der Waals surface area contributed by atoms with Crippen LogP contribution < -0.4 is 11.1 Å². The van der Waals surface area contributed by atoms with E-state index in [-0.39, 0.29) is 11.8 Å². The van der Waals surface area contributed by atoms with Crippen LogP contribution in [0.5, 0.6) is 0 Å². The number of ketones is 1. The lowest BCUT2D eigenvalue weighted by atomic mass is 10.0. The van der Waals surface area contributed by atoms with Crippen molar-refractivity contribution in [3.05, 3.63) is 28.2 Å².